The van der Waals surface area contributed by atoms with Crippen LogP contribution in [-0.2, 0) is 6.54 Å². The zero-order chi connectivity index (χ0) is 12.4. The van der Waals surface area contributed by atoms with Gasteiger partial charge in [-0.1, -0.05) is 24.3 Å². The van der Waals surface area contributed by atoms with E-state index in [9.17, 15) is 0 Å². The molecule has 0 fully saturated rings. The molecule has 3 rings (SSSR count). The van der Waals surface area contributed by atoms with E-state index in [1.165, 1.54) is 0 Å². The first-order valence-corrected chi connectivity index (χ1v) is 5.76. The van der Waals surface area contributed by atoms with E-state index in [2.05, 4.69) is 4.98 Å². The Labute approximate surface area is 105 Å². The van der Waals surface area contributed by atoms with Gasteiger partial charge in [0, 0.05) is 24.5 Å². The molecule has 0 aliphatic heterocycles. The molecule has 4 nitrogen and oxygen atoms in total. The lowest BCUT2D eigenvalue weighted by Crippen LogP contribution is -2.00. The summed E-state index contributed by atoms with van der Waals surface area (Å²) in [6.45, 7) is 0.454. The Balaban J connectivity index is 2.04. The molecule has 18 heavy (non-hydrogen) atoms. The fourth-order valence-corrected chi connectivity index (χ4v) is 1.89. The maximum Gasteiger partial charge on any atom is 0.205 e. The molecule has 4 heteroatoms. The molecule has 0 saturated carbocycles. The maximum absolute atomic E-state index is 5.91. The van der Waals surface area contributed by atoms with Crippen LogP contribution in [0.5, 0.6) is 11.6 Å². The zero-order valence-corrected chi connectivity index (χ0v) is 9.78. The normalized spacial score (nSPS) is 10.7. The molecular formula is C14H13N3O. The van der Waals surface area contributed by atoms with Crippen LogP contribution < -0.4 is 10.5 Å². The monoisotopic (exact) mass is 239 g/mol. The summed E-state index contributed by atoms with van der Waals surface area (Å²) in [4.78, 5) is 4.22. The van der Waals surface area contributed by atoms with Gasteiger partial charge in [0.15, 0.2) is 0 Å². The molecule has 2 heterocycles. The predicted molar refractivity (Wildman–Crippen MR) is 69.6 cm³/mol. The second-order valence-corrected chi connectivity index (χ2v) is 3.93. The van der Waals surface area contributed by atoms with Crippen LogP contribution in [0.25, 0.3) is 5.65 Å². The van der Waals surface area contributed by atoms with E-state index in [4.69, 9.17) is 10.5 Å². The Morgan fingerprint density at radius 1 is 1.11 bits per heavy atom. The van der Waals surface area contributed by atoms with Gasteiger partial charge in [-0.15, -0.1) is 0 Å². The third kappa shape index (κ3) is 1.83. The molecule has 0 aliphatic rings. The van der Waals surface area contributed by atoms with Crippen molar-refractivity contribution >= 4 is 5.65 Å². The van der Waals surface area contributed by atoms with Crippen LogP contribution in [-0.4, -0.2) is 9.38 Å². The number of fused-ring (bicyclic) bond motifs is 1. The van der Waals surface area contributed by atoms with Crippen molar-refractivity contribution in [2.75, 3.05) is 0 Å². The lowest BCUT2D eigenvalue weighted by atomic mass is 10.2. The maximum atomic E-state index is 5.91. The highest BCUT2D eigenvalue weighted by molar-refractivity contribution is 5.44. The predicted octanol–water partition coefficient (Wildman–Crippen LogP) is 2.59. The smallest absolute Gasteiger partial charge is 0.205 e. The van der Waals surface area contributed by atoms with Crippen molar-refractivity contribution < 1.29 is 4.74 Å². The average molecular weight is 239 g/mol. The molecule has 90 valence electrons. The van der Waals surface area contributed by atoms with Crippen molar-refractivity contribution in [2.24, 2.45) is 5.73 Å². The molecule has 0 bridgehead atoms. The van der Waals surface area contributed by atoms with Crippen LogP contribution in [0.3, 0.4) is 0 Å². The quantitative estimate of drug-likeness (QED) is 0.764. The number of rotatable bonds is 3. The van der Waals surface area contributed by atoms with Crippen LogP contribution >= 0.6 is 0 Å². The summed E-state index contributed by atoms with van der Waals surface area (Å²) in [5.74, 6) is 1.51. The van der Waals surface area contributed by atoms with Gasteiger partial charge < -0.3 is 10.5 Å². The van der Waals surface area contributed by atoms with E-state index >= 15 is 0 Å². The van der Waals surface area contributed by atoms with E-state index in [1.807, 2.05) is 53.1 Å². The minimum absolute atomic E-state index is 0.454. The molecule has 0 unspecified atom stereocenters. The molecule has 0 amide bonds. The molecule has 0 atom stereocenters. The SMILES string of the molecule is NCc1ccccc1Oc1cccc2nccn12. The highest BCUT2D eigenvalue weighted by Crippen LogP contribution is 2.25. The van der Waals surface area contributed by atoms with E-state index in [0.717, 1.165) is 22.8 Å². The first-order valence-electron chi connectivity index (χ1n) is 5.76. The number of ether oxygens (including phenoxy) is 1. The van der Waals surface area contributed by atoms with Crippen LogP contribution in [0.4, 0.5) is 0 Å². The van der Waals surface area contributed by atoms with Gasteiger partial charge in [0.25, 0.3) is 0 Å². The van der Waals surface area contributed by atoms with Crippen molar-refractivity contribution in [3.63, 3.8) is 0 Å². The number of pyridine rings is 1. The zero-order valence-electron chi connectivity index (χ0n) is 9.78. The number of nitrogens with zero attached hydrogens (tertiary/aromatic N) is 2. The van der Waals surface area contributed by atoms with Crippen molar-refractivity contribution in [2.45, 2.75) is 6.54 Å². The Hall–Kier alpha value is -2.33. The minimum Gasteiger partial charge on any atom is -0.440 e. The summed E-state index contributed by atoms with van der Waals surface area (Å²) in [6, 6.07) is 13.5. The Morgan fingerprint density at radius 2 is 2.00 bits per heavy atom. The van der Waals surface area contributed by atoms with Gasteiger partial charge in [-0.3, -0.25) is 4.40 Å². The topological polar surface area (TPSA) is 52.5 Å². The number of benzene rings is 1. The second-order valence-electron chi connectivity index (χ2n) is 3.93. The molecule has 1 aromatic carbocycles. The fourth-order valence-electron chi connectivity index (χ4n) is 1.89. The minimum atomic E-state index is 0.454. The first kappa shape index (κ1) is 10.8. The Bertz CT molecular complexity index is 675. The largest absolute Gasteiger partial charge is 0.440 e. The third-order valence-corrected chi connectivity index (χ3v) is 2.80. The van der Waals surface area contributed by atoms with Gasteiger partial charge in [-0.05, 0) is 18.2 Å². The van der Waals surface area contributed by atoms with E-state index in [1.54, 1.807) is 6.20 Å². The van der Waals surface area contributed by atoms with Gasteiger partial charge in [0.1, 0.15) is 11.4 Å². The molecule has 2 aromatic heterocycles. The summed E-state index contributed by atoms with van der Waals surface area (Å²) in [5, 5.41) is 0. The fraction of sp³-hybridized carbons (Fsp3) is 0.0714. The summed E-state index contributed by atoms with van der Waals surface area (Å²) < 4.78 is 7.81. The van der Waals surface area contributed by atoms with Crippen molar-refractivity contribution in [3.05, 3.63) is 60.4 Å². The molecule has 3 aromatic rings. The van der Waals surface area contributed by atoms with E-state index in [0.29, 0.717) is 6.54 Å². The number of imidazole rings is 1. The van der Waals surface area contributed by atoms with Gasteiger partial charge in [-0.25, -0.2) is 4.98 Å². The van der Waals surface area contributed by atoms with Crippen LogP contribution in [0, 0.1) is 0 Å². The second kappa shape index (κ2) is 4.50. The Kier molecular flexibility index (Phi) is 2.70. The van der Waals surface area contributed by atoms with Crippen molar-refractivity contribution in [1.82, 2.24) is 9.38 Å². The molecule has 2 N–H and O–H groups in total. The Morgan fingerprint density at radius 3 is 2.89 bits per heavy atom. The van der Waals surface area contributed by atoms with Gasteiger partial charge in [0.05, 0.1) is 0 Å². The van der Waals surface area contributed by atoms with Crippen molar-refractivity contribution in [3.8, 4) is 11.6 Å². The van der Waals surface area contributed by atoms with Gasteiger partial charge in [0.2, 0.25) is 5.88 Å². The lowest BCUT2D eigenvalue weighted by Gasteiger charge is -2.10. The molecular weight excluding hydrogens is 226 g/mol. The van der Waals surface area contributed by atoms with Crippen LogP contribution in [0.1, 0.15) is 5.56 Å². The van der Waals surface area contributed by atoms with Gasteiger partial charge in [-0.2, -0.15) is 0 Å². The average Bonchev–Trinajstić information content (AvgIpc) is 2.89. The third-order valence-electron chi connectivity index (χ3n) is 2.80. The number of nitrogens with two attached hydrogens (primary N) is 1. The number of aromatic nitrogens is 2. The molecule has 0 aliphatic carbocycles. The molecule has 0 saturated heterocycles. The van der Waals surface area contributed by atoms with Crippen LogP contribution in [0.15, 0.2) is 54.9 Å². The standard InChI is InChI=1S/C14H13N3O/c15-10-11-4-1-2-5-12(11)18-14-7-3-6-13-16-8-9-17(13)14/h1-9H,10,15H2. The first-order chi connectivity index (χ1) is 8.88. The molecule has 0 radical (unpaired) electrons. The van der Waals surface area contributed by atoms with E-state index in [-0.39, 0.29) is 0 Å². The van der Waals surface area contributed by atoms with Gasteiger partial charge >= 0.3 is 0 Å². The summed E-state index contributed by atoms with van der Waals surface area (Å²) >= 11 is 0. The number of para-hydroxylation sites is 1. The van der Waals surface area contributed by atoms with Crippen LogP contribution in [0.2, 0.25) is 0 Å². The highest BCUT2D eigenvalue weighted by atomic mass is 16.5. The lowest BCUT2D eigenvalue weighted by molar-refractivity contribution is 0.451. The number of hydrogen-bond donors (Lipinski definition) is 1. The van der Waals surface area contributed by atoms with Crippen molar-refractivity contribution in [1.29, 1.82) is 0 Å². The molecule has 0 spiro atoms. The highest BCUT2D eigenvalue weighted by Gasteiger charge is 2.05. The summed E-state index contributed by atoms with van der Waals surface area (Å²) in [6.07, 6.45) is 3.62. The summed E-state index contributed by atoms with van der Waals surface area (Å²) in [5.41, 5.74) is 7.54. The summed E-state index contributed by atoms with van der Waals surface area (Å²) in [7, 11) is 0. The van der Waals surface area contributed by atoms with E-state index < -0.39 is 0 Å². The number of hydrogen-bond acceptors (Lipinski definition) is 3.